The summed E-state index contributed by atoms with van der Waals surface area (Å²) in [7, 11) is 1.63. The van der Waals surface area contributed by atoms with E-state index in [1.807, 2.05) is 18.2 Å². The first-order valence-corrected chi connectivity index (χ1v) is 5.39. The molecule has 16 heavy (non-hydrogen) atoms. The zero-order valence-electron chi connectivity index (χ0n) is 8.62. The van der Waals surface area contributed by atoms with Gasteiger partial charge in [-0.3, -0.25) is 5.43 Å². The highest BCUT2D eigenvalue weighted by Crippen LogP contribution is 2.29. The largest absolute Gasteiger partial charge is 0.496 e. The first-order valence-electron chi connectivity index (χ1n) is 4.60. The van der Waals surface area contributed by atoms with Crippen molar-refractivity contribution in [3.63, 3.8) is 0 Å². The Bertz CT molecular complexity index is 497. The Morgan fingerprint density at radius 1 is 1.50 bits per heavy atom. The standard InChI is InChI=1S/C10H11BrN4O/c1-16-9-3-2-6(4-7(9)11)8-5-13-10(14-8)15-12/h2-5H,12H2,1H3,(H2,13,14,15). The van der Waals surface area contributed by atoms with Crippen LogP contribution in [0.25, 0.3) is 11.3 Å². The molecule has 1 aromatic carbocycles. The van der Waals surface area contributed by atoms with Gasteiger partial charge in [-0.25, -0.2) is 10.8 Å². The number of hydrazine groups is 1. The number of nitrogens with two attached hydrogens (primary N) is 1. The van der Waals surface area contributed by atoms with Crippen molar-refractivity contribution in [2.75, 3.05) is 12.5 Å². The van der Waals surface area contributed by atoms with Crippen molar-refractivity contribution in [3.8, 4) is 17.0 Å². The molecule has 2 rings (SSSR count). The average Bonchev–Trinajstić information content (AvgIpc) is 2.77. The maximum atomic E-state index is 5.24. The van der Waals surface area contributed by atoms with Crippen LogP contribution in [-0.4, -0.2) is 17.1 Å². The molecule has 0 aliphatic rings. The molecule has 0 atom stereocenters. The second-order valence-electron chi connectivity index (χ2n) is 3.14. The van der Waals surface area contributed by atoms with E-state index in [2.05, 4.69) is 31.3 Å². The summed E-state index contributed by atoms with van der Waals surface area (Å²) in [6, 6.07) is 5.78. The van der Waals surface area contributed by atoms with Crippen LogP contribution in [0.1, 0.15) is 0 Å². The maximum absolute atomic E-state index is 5.24. The molecule has 1 aromatic heterocycles. The molecule has 0 unspecified atom stereocenters. The van der Waals surface area contributed by atoms with E-state index in [4.69, 9.17) is 10.6 Å². The van der Waals surface area contributed by atoms with Crippen molar-refractivity contribution in [2.45, 2.75) is 0 Å². The van der Waals surface area contributed by atoms with E-state index in [9.17, 15) is 0 Å². The van der Waals surface area contributed by atoms with Gasteiger partial charge < -0.3 is 9.72 Å². The number of rotatable bonds is 3. The number of ether oxygens (including phenoxy) is 1. The monoisotopic (exact) mass is 282 g/mol. The fourth-order valence-corrected chi connectivity index (χ4v) is 1.92. The highest BCUT2D eigenvalue weighted by Gasteiger charge is 2.05. The number of nitrogens with zero attached hydrogens (tertiary/aromatic N) is 1. The minimum absolute atomic E-state index is 0.530. The van der Waals surface area contributed by atoms with Crippen LogP contribution in [0, 0.1) is 0 Å². The van der Waals surface area contributed by atoms with Crippen molar-refractivity contribution >= 4 is 21.9 Å². The second kappa shape index (κ2) is 4.54. The molecule has 0 amide bonds. The number of imidazole rings is 1. The van der Waals surface area contributed by atoms with E-state index >= 15 is 0 Å². The fourth-order valence-electron chi connectivity index (χ4n) is 1.38. The van der Waals surface area contributed by atoms with Gasteiger partial charge in [-0.1, -0.05) is 0 Å². The summed E-state index contributed by atoms with van der Waals surface area (Å²) >= 11 is 3.43. The molecular weight excluding hydrogens is 272 g/mol. The van der Waals surface area contributed by atoms with Gasteiger partial charge in [-0.2, -0.15) is 0 Å². The number of halogens is 1. The highest BCUT2D eigenvalue weighted by molar-refractivity contribution is 9.10. The molecular formula is C10H11BrN4O. The molecule has 0 bridgehead atoms. The summed E-state index contributed by atoms with van der Waals surface area (Å²) in [6.07, 6.45) is 1.71. The SMILES string of the molecule is COc1ccc(-c2cnc(NN)[nH]2)cc1Br. The molecule has 2 aromatic rings. The number of aromatic nitrogens is 2. The number of H-pyrrole nitrogens is 1. The second-order valence-corrected chi connectivity index (χ2v) is 3.99. The summed E-state index contributed by atoms with van der Waals surface area (Å²) < 4.78 is 6.05. The van der Waals surface area contributed by atoms with Crippen LogP contribution >= 0.6 is 15.9 Å². The van der Waals surface area contributed by atoms with Gasteiger partial charge >= 0.3 is 0 Å². The summed E-state index contributed by atoms with van der Waals surface area (Å²) in [5.74, 6) is 6.57. The zero-order chi connectivity index (χ0) is 11.5. The van der Waals surface area contributed by atoms with Crippen LogP contribution in [-0.2, 0) is 0 Å². The molecule has 84 valence electrons. The van der Waals surface area contributed by atoms with Gasteiger partial charge in [0.05, 0.1) is 23.5 Å². The molecule has 4 N–H and O–H groups in total. The van der Waals surface area contributed by atoms with Crippen LogP contribution < -0.4 is 16.0 Å². The highest BCUT2D eigenvalue weighted by atomic mass is 79.9. The van der Waals surface area contributed by atoms with E-state index in [0.717, 1.165) is 21.5 Å². The normalized spacial score (nSPS) is 10.2. The van der Waals surface area contributed by atoms with Crippen molar-refractivity contribution in [2.24, 2.45) is 5.84 Å². The van der Waals surface area contributed by atoms with Gasteiger partial charge in [-0.05, 0) is 34.1 Å². The van der Waals surface area contributed by atoms with Crippen LogP contribution in [0.4, 0.5) is 5.95 Å². The smallest absolute Gasteiger partial charge is 0.215 e. The molecule has 0 fully saturated rings. The van der Waals surface area contributed by atoms with Crippen LogP contribution in [0.5, 0.6) is 5.75 Å². The van der Waals surface area contributed by atoms with Crippen molar-refractivity contribution in [3.05, 3.63) is 28.9 Å². The first kappa shape index (κ1) is 11.0. The number of aromatic amines is 1. The third-order valence-electron chi connectivity index (χ3n) is 2.18. The van der Waals surface area contributed by atoms with Gasteiger partial charge in [0.2, 0.25) is 5.95 Å². The summed E-state index contributed by atoms with van der Waals surface area (Å²) in [5.41, 5.74) is 4.34. The van der Waals surface area contributed by atoms with Gasteiger partial charge in [0.15, 0.2) is 0 Å². The van der Waals surface area contributed by atoms with E-state index in [1.54, 1.807) is 13.3 Å². The van der Waals surface area contributed by atoms with Crippen LogP contribution in [0.3, 0.4) is 0 Å². The van der Waals surface area contributed by atoms with Gasteiger partial charge in [0.25, 0.3) is 0 Å². The Balaban J connectivity index is 2.37. The maximum Gasteiger partial charge on any atom is 0.215 e. The molecule has 1 heterocycles. The van der Waals surface area contributed by atoms with Crippen molar-refractivity contribution < 1.29 is 4.74 Å². The molecule has 5 nitrogen and oxygen atoms in total. The predicted octanol–water partition coefficient (Wildman–Crippen LogP) is 2.13. The summed E-state index contributed by atoms with van der Waals surface area (Å²) in [5, 5.41) is 0. The number of nitrogens with one attached hydrogen (secondary N) is 2. The minimum atomic E-state index is 0.530. The minimum Gasteiger partial charge on any atom is -0.496 e. The lowest BCUT2D eigenvalue weighted by atomic mass is 10.2. The molecule has 0 saturated heterocycles. The van der Waals surface area contributed by atoms with E-state index < -0.39 is 0 Å². The molecule has 6 heteroatoms. The topological polar surface area (TPSA) is 76.0 Å². The first-order chi connectivity index (χ1) is 7.74. The van der Waals surface area contributed by atoms with Gasteiger partial charge in [-0.15, -0.1) is 0 Å². The Labute approximate surface area is 101 Å². The van der Waals surface area contributed by atoms with E-state index in [0.29, 0.717) is 5.95 Å². The molecule has 0 aliphatic carbocycles. The summed E-state index contributed by atoms with van der Waals surface area (Å²) in [6.45, 7) is 0. The predicted molar refractivity (Wildman–Crippen MR) is 66.1 cm³/mol. The van der Waals surface area contributed by atoms with Gasteiger partial charge in [0.1, 0.15) is 5.75 Å². The number of nitrogen functional groups attached to an aromatic ring is 1. The Morgan fingerprint density at radius 3 is 2.88 bits per heavy atom. The third kappa shape index (κ3) is 2.02. The Morgan fingerprint density at radius 2 is 2.31 bits per heavy atom. The fraction of sp³-hybridized carbons (Fsp3) is 0.100. The number of hydrogen-bond donors (Lipinski definition) is 3. The Kier molecular flexibility index (Phi) is 3.12. The third-order valence-corrected chi connectivity index (χ3v) is 2.80. The van der Waals surface area contributed by atoms with Crippen LogP contribution in [0.2, 0.25) is 0 Å². The molecule has 0 radical (unpaired) electrons. The lowest BCUT2D eigenvalue weighted by Gasteiger charge is -2.04. The lowest BCUT2D eigenvalue weighted by Crippen LogP contribution is -2.07. The zero-order valence-corrected chi connectivity index (χ0v) is 10.2. The molecule has 0 saturated carbocycles. The number of benzene rings is 1. The Hall–Kier alpha value is -1.53. The number of methoxy groups -OCH3 is 1. The summed E-state index contributed by atoms with van der Waals surface area (Å²) in [4.78, 5) is 7.08. The quantitative estimate of drug-likeness (QED) is 0.596. The number of anilines is 1. The van der Waals surface area contributed by atoms with E-state index in [-0.39, 0.29) is 0 Å². The molecule has 0 spiro atoms. The van der Waals surface area contributed by atoms with Crippen LogP contribution in [0.15, 0.2) is 28.9 Å². The van der Waals surface area contributed by atoms with Crippen molar-refractivity contribution in [1.82, 2.24) is 9.97 Å². The van der Waals surface area contributed by atoms with Crippen molar-refractivity contribution in [1.29, 1.82) is 0 Å². The number of hydrogen-bond acceptors (Lipinski definition) is 4. The van der Waals surface area contributed by atoms with E-state index in [1.165, 1.54) is 0 Å². The average molecular weight is 283 g/mol. The van der Waals surface area contributed by atoms with Gasteiger partial charge in [0, 0.05) is 5.56 Å². The molecule has 0 aliphatic heterocycles. The lowest BCUT2D eigenvalue weighted by molar-refractivity contribution is 0.412.